The predicted molar refractivity (Wildman–Crippen MR) is 103 cm³/mol. The van der Waals surface area contributed by atoms with E-state index < -0.39 is 0 Å². The molecule has 0 spiro atoms. The van der Waals surface area contributed by atoms with E-state index in [1.165, 1.54) is 0 Å². The fourth-order valence-corrected chi connectivity index (χ4v) is 2.86. The van der Waals surface area contributed by atoms with Crippen LogP contribution in [0.5, 0.6) is 0 Å². The summed E-state index contributed by atoms with van der Waals surface area (Å²) >= 11 is 0. The van der Waals surface area contributed by atoms with Gasteiger partial charge in [-0.25, -0.2) is 4.98 Å². The average molecular weight is 354 g/mol. The van der Waals surface area contributed by atoms with Gasteiger partial charge in [0.25, 0.3) is 0 Å². The fourth-order valence-electron chi connectivity index (χ4n) is 2.86. The molecule has 2 aromatic heterocycles. The lowest BCUT2D eigenvalue weighted by molar-refractivity contribution is -0.121. The van der Waals surface area contributed by atoms with Gasteiger partial charge in [-0.1, -0.05) is 26.0 Å². The molecule has 1 aromatic carbocycles. The maximum atomic E-state index is 11.7. The van der Waals surface area contributed by atoms with E-state index in [1.807, 2.05) is 35.6 Å². The Balaban J connectivity index is 1.60. The Morgan fingerprint density at radius 2 is 2.00 bits per heavy atom. The number of benzene rings is 1. The van der Waals surface area contributed by atoms with Crippen LogP contribution in [0.15, 0.2) is 24.3 Å². The lowest BCUT2D eigenvalue weighted by Crippen LogP contribution is -2.27. The van der Waals surface area contributed by atoms with Gasteiger partial charge in [-0.3, -0.25) is 9.20 Å². The molecule has 0 unspecified atom stereocenters. The number of aryl methyl sites for hydroxylation is 1. The Bertz CT molecular complexity index is 902. The first-order chi connectivity index (χ1) is 12.6. The van der Waals surface area contributed by atoms with Crippen LogP contribution >= 0.6 is 0 Å². The van der Waals surface area contributed by atoms with Gasteiger partial charge in [0.05, 0.1) is 11.0 Å². The number of nitrogens with zero attached hydrogens (tertiary/aromatic N) is 4. The van der Waals surface area contributed by atoms with E-state index in [2.05, 4.69) is 39.7 Å². The highest BCUT2D eigenvalue weighted by atomic mass is 16.1. The summed E-state index contributed by atoms with van der Waals surface area (Å²) in [5, 5.41) is 14.7. The van der Waals surface area contributed by atoms with Crippen LogP contribution in [0.2, 0.25) is 0 Å². The van der Waals surface area contributed by atoms with E-state index in [0.717, 1.165) is 54.3 Å². The van der Waals surface area contributed by atoms with Gasteiger partial charge in [0, 0.05) is 19.5 Å². The topological polar surface area (TPSA) is 84.2 Å². The molecule has 2 heterocycles. The summed E-state index contributed by atoms with van der Waals surface area (Å²) in [7, 11) is 0. The Labute approximate surface area is 153 Å². The molecule has 26 heavy (non-hydrogen) atoms. The van der Waals surface area contributed by atoms with Crippen molar-refractivity contribution in [2.24, 2.45) is 5.92 Å². The zero-order valence-corrected chi connectivity index (χ0v) is 15.6. The van der Waals surface area contributed by atoms with E-state index in [1.54, 1.807) is 0 Å². The van der Waals surface area contributed by atoms with Crippen LogP contribution in [0.1, 0.15) is 38.9 Å². The highest BCUT2D eigenvalue weighted by molar-refractivity contribution is 5.82. The number of anilines is 1. The lowest BCUT2D eigenvalue weighted by Gasteiger charge is -2.10. The van der Waals surface area contributed by atoms with Gasteiger partial charge >= 0.3 is 0 Å². The zero-order chi connectivity index (χ0) is 18.5. The van der Waals surface area contributed by atoms with E-state index in [-0.39, 0.29) is 5.91 Å². The maximum Gasteiger partial charge on any atom is 0.220 e. The average Bonchev–Trinajstić information content (AvgIpc) is 3.02. The molecule has 138 valence electrons. The van der Waals surface area contributed by atoms with Crippen molar-refractivity contribution >= 4 is 28.4 Å². The van der Waals surface area contributed by atoms with E-state index in [4.69, 9.17) is 0 Å². The summed E-state index contributed by atoms with van der Waals surface area (Å²) in [6.45, 7) is 7.60. The summed E-state index contributed by atoms with van der Waals surface area (Å²) in [6.07, 6.45) is 2.29. The predicted octanol–water partition coefficient (Wildman–Crippen LogP) is 2.94. The molecule has 0 aliphatic carbocycles. The molecule has 3 rings (SSSR count). The molecule has 7 heteroatoms. The van der Waals surface area contributed by atoms with Crippen molar-refractivity contribution in [2.45, 2.75) is 40.0 Å². The molecule has 0 radical (unpaired) electrons. The Morgan fingerprint density at radius 3 is 2.81 bits per heavy atom. The molecule has 0 aliphatic rings. The van der Waals surface area contributed by atoms with E-state index in [0.29, 0.717) is 12.3 Å². The van der Waals surface area contributed by atoms with E-state index in [9.17, 15) is 4.79 Å². The van der Waals surface area contributed by atoms with Crippen molar-refractivity contribution < 1.29 is 4.79 Å². The number of amides is 1. The molecule has 0 bridgehead atoms. The summed E-state index contributed by atoms with van der Waals surface area (Å²) in [4.78, 5) is 16.4. The number of fused-ring (bicyclic) bond motifs is 3. The molecule has 2 N–H and O–H groups in total. The minimum Gasteiger partial charge on any atom is -0.367 e. The smallest absolute Gasteiger partial charge is 0.220 e. The molecule has 0 aliphatic heterocycles. The largest absolute Gasteiger partial charge is 0.367 e. The third-order valence-electron chi connectivity index (χ3n) is 4.22. The molecule has 0 fully saturated rings. The van der Waals surface area contributed by atoms with Gasteiger partial charge in [0.2, 0.25) is 11.6 Å². The van der Waals surface area contributed by atoms with Gasteiger partial charge in [0.1, 0.15) is 5.82 Å². The molecular formula is C19H26N6O. The van der Waals surface area contributed by atoms with Crippen molar-refractivity contribution in [1.82, 2.24) is 24.9 Å². The first kappa shape index (κ1) is 18.1. The minimum atomic E-state index is 0.123. The number of unbranched alkanes of at least 4 members (excludes halogenated alkanes) is 1. The molecule has 0 atom stereocenters. The van der Waals surface area contributed by atoms with Crippen LogP contribution < -0.4 is 10.6 Å². The monoisotopic (exact) mass is 354 g/mol. The summed E-state index contributed by atoms with van der Waals surface area (Å²) in [6, 6.07) is 7.96. The number of rotatable bonds is 8. The second-order valence-corrected chi connectivity index (χ2v) is 6.94. The van der Waals surface area contributed by atoms with Crippen LogP contribution in [0.3, 0.4) is 0 Å². The first-order valence-electron chi connectivity index (χ1n) is 9.17. The number of aromatic nitrogens is 4. The SMILES string of the molecule is Cc1nnc2c(NCCCCC(=O)NCC(C)C)nc3ccccc3n12. The van der Waals surface area contributed by atoms with Crippen molar-refractivity contribution in [3.8, 4) is 0 Å². The maximum absolute atomic E-state index is 11.7. The van der Waals surface area contributed by atoms with Crippen LogP contribution in [-0.2, 0) is 4.79 Å². The first-order valence-corrected chi connectivity index (χ1v) is 9.17. The second kappa shape index (κ2) is 8.12. The zero-order valence-electron chi connectivity index (χ0n) is 15.6. The molecule has 7 nitrogen and oxygen atoms in total. The molecule has 0 saturated heterocycles. The number of hydrogen-bond donors (Lipinski definition) is 2. The Morgan fingerprint density at radius 1 is 1.19 bits per heavy atom. The van der Waals surface area contributed by atoms with Crippen LogP contribution in [0.4, 0.5) is 5.82 Å². The van der Waals surface area contributed by atoms with Gasteiger partial charge in [-0.05, 0) is 37.8 Å². The van der Waals surface area contributed by atoms with Gasteiger partial charge in [-0.15, -0.1) is 10.2 Å². The third-order valence-corrected chi connectivity index (χ3v) is 4.22. The van der Waals surface area contributed by atoms with Crippen molar-refractivity contribution in [3.05, 3.63) is 30.1 Å². The molecule has 1 amide bonds. The number of carbonyl (C=O) groups is 1. The van der Waals surface area contributed by atoms with Gasteiger partial charge in [0.15, 0.2) is 5.82 Å². The minimum absolute atomic E-state index is 0.123. The molecular weight excluding hydrogens is 328 g/mol. The summed E-state index contributed by atoms with van der Waals surface area (Å²) in [5.74, 6) is 2.17. The van der Waals surface area contributed by atoms with Crippen LogP contribution in [0.25, 0.3) is 16.7 Å². The third kappa shape index (κ3) is 4.09. The van der Waals surface area contributed by atoms with E-state index >= 15 is 0 Å². The standard InChI is InChI=1S/C19H26N6O/c1-13(2)12-21-17(26)10-6-7-11-20-18-19-24-23-14(3)25(19)16-9-5-4-8-15(16)22-18/h4-5,8-9,13H,6-7,10-12H2,1-3H3,(H,20,22)(H,21,26). The summed E-state index contributed by atoms with van der Waals surface area (Å²) < 4.78 is 2.02. The highest BCUT2D eigenvalue weighted by Gasteiger charge is 2.12. The highest BCUT2D eigenvalue weighted by Crippen LogP contribution is 2.21. The fraction of sp³-hybridized carbons (Fsp3) is 0.474. The quantitative estimate of drug-likeness (QED) is 0.608. The number of carbonyl (C=O) groups excluding carboxylic acids is 1. The van der Waals surface area contributed by atoms with Gasteiger partial charge in [-0.2, -0.15) is 0 Å². The summed E-state index contributed by atoms with van der Waals surface area (Å²) in [5.41, 5.74) is 2.63. The van der Waals surface area contributed by atoms with Crippen molar-refractivity contribution in [2.75, 3.05) is 18.4 Å². The lowest BCUT2D eigenvalue weighted by atomic mass is 10.2. The number of para-hydroxylation sites is 2. The number of nitrogens with one attached hydrogen (secondary N) is 2. The number of hydrogen-bond acceptors (Lipinski definition) is 5. The molecule has 0 saturated carbocycles. The Hall–Kier alpha value is -2.70. The Kier molecular flexibility index (Phi) is 5.65. The van der Waals surface area contributed by atoms with Crippen molar-refractivity contribution in [3.63, 3.8) is 0 Å². The van der Waals surface area contributed by atoms with Crippen molar-refractivity contribution in [1.29, 1.82) is 0 Å². The van der Waals surface area contributed by atoms with Gasteiger partial charge < -0.3 is 10.6 Å². The second-order valence-electron chi connectivity index (χ2n) is 6.94. The van der Waals surface area contributed by atoms with Crippen LogP contribution in [0, 0.1) is 12.8 Å². The van der Waals surface area contributed by atoms with Crippen LogP contribution in [-0.4, -0.2) is 38.6 Å². The molecule has 3 aromatic rings. The normalized spacial score (nSPS) is 11.4.